The normalized spacial score (nSPS) is 12.2. The van der Waals surface area contributed by atoms with Gasteiger partial charge in [0.25, 0.3) is 5.88 Å². The average Bonchev–Trinajstić information content (AvgIpc) is 2.85. The van der Waals surface area contributed by atoms with Crippen molar-refractivity contribution >= 4 is 28.1 Å². The quantitative estimate of drug-likeness (QED) is 0.882. The number of thiazole rings is 1. The molecular weight excluding hydrogens is 310 g/mol. The van der Waals surface area contributed by atoms with Gasteiger partial charge in [0.05, 0.1) is 17.5 Å². The Labute approximate surface area is 130 Å². The highest BCUT2D eigenvalue weighted by atomic mass is 32.2. The summed E-state index contributed by atoms with van der Waals surface area (Å²) in [6.07, 6.45) is 0. The number of hydrogen-bond donors (Lipinski definition) is 1. The van der Waals surface area contributed by atoms with Crippen LogP contribution in [0.5, 0.6) is 17.5 Å². The standard InChI is InChI=1S/C13H17N3O3S2/c1-8(2)21(17)16-11-6-5-10(13(15-11)18-4)19-12-7-20-9(3)14-12/h5-8H,1-4H3,(H,15,16). The highest BCUT2D eigenvalue weighted by Crippen LogP contribution is 2.31. The molecular formula is C13H17N3O3S2. The van der Waals surface area contributed by atoms with Crippen molar-refractivity contribution in [1.82, 2.24) is 9.97 Å². The van der Waals surface area contributed by atoms with Crippen LogP contribution in [0.15, 0.2) is 17.5 Å². The molecule has 114 valence electrons. The topological polar surface area (TPSA) is 73.3 Å². The van der Waals surface area contributed by atoms with Crippen molar-refractivity contribution < 1.29 is 13.7 Å². The molecule has 1 N–H and O–H groups in total. The first kappa shape index (κ1) is 15.7. The molecule has 0 amide bonds. The van der Waals surface area contributed by atoms with Gasteiger partial charge in [-0.05, 0) is 32.9 Å². The number of aryl methyl sites for hydroxylation is 1. The zero-order chi connectivity index (χ0) is 15.4. The van der Waals surface area contributed by atoms with Gasteiger partial charge in [0.2, 0.25) is 5.88 Å². The zero-order valence-electron chi connectivity index (χ0n) is 12.2. The van der Waals surface area contributed by atoms with Gasteiger partial charge in [0.1, 0.15) is 16.8 Å². The Morgan fingerprint density at radius 2 is 2.10 bits per heavy atom. The van der Waals surface area contributed by atoms with Crippen molar-refractivity contribution in [3.05, 3.63) is 22.5 Å². The molecule has 0 aliphatic heterocycles. The lowest BCUT2D eigenvalue weighted by molar-refractivity contribution is 0.361. The van der Waals surface area contributed by atoms with Crippen molar-refractivity contribution in [3.8, 4) is 17.5 Å². The number of hydrogen-bond acceptors (Lipinski definition) is 6. The van der Waals surface area contributed by atoms with Crippen molar-refractivity contribution in [2.45, 2.75) is 26.0 Å². The number of nitrogens with zero attached hydrogens (tertiary/aromatic N) is 2. The lowest BCUT2D eigenvalue weighted by atomic mass is 10.4. The van der Waals surface area contributed by atoms with Crippen molar-refractivity contribution in [1.29, 1.82) is 0 Å². The van der Waals surface area contributed by atoms with Gasteiger partial charge < -0.3 is 9.47 Å². The molecule has 2 aromatic rings. The Hall–Kier alpha value is -1.67. The smallest absolute Gasteiger partial charge is 0.259 e. The summed E-state index contributed by atoms with van der Waals surface area (Å²) < 4.78 is 25.4. The third kappa shape index (κ3) is 4.15. The molecule has 2 aromatic heterocycles. The molecule has 0 aromatic carbocycles. The SMILES string of the molecule is COc1nc(NS(=O)C(C)C)ccc1Oc1csc(C)n1. The minimum Gasteiger partial charge on any atom is -0.478 e. The Morgan fingerprint density at radius 3 is 2.67 bits per heavy atom. The van der Waals surface area contributed by atoms with Crippen LogP contribution in [0.3, 0.4) is 0 Å². The van der Waals surface area contributed by atoms with E-state index < -0.39 is 11.0 Å². The maximum Gasteiger partial charge on any atom is 0.259 e. The molecule has 21 heavy (non-hydrogen) atoms. The molecule has 0 saturated carbocycles. The van der Waals surface area contributed by atoms with E-state index >= 15 is 0 Å². The fraction of sp³-hybridized carbons (Fsp3) is 0.385. The molecule has 1 atom stereocenters. The first-order valence-electron chi connectivity index (χ1n) is 6.32. The number of aromatic nitrogens is 2. The van der Waals surface area contributed by atoms with Crippen LogP contribution < -0.4 is 14.2 Å². The van der Waals surface area contributed by atoms with Crippen LogP contribution in [0.1, 0.15) is 18.9 Å². The third-order valence-corrected chi connectivity index (χ3v) is 4.48. The predicted octanol–water partition coefficient (Wildman–Crippen LogP) is 3.13. The summed E-state index contributed by atoms with van der Waals surface area (Å²) in [6.45, 7) is 5.63. The Kier molecular flexibility index (Phi) is 5.13. The summed E-state index contributed by atoms with van der Waals surface area (Å²) in [6, 6.07) is 3.40. The molecule has 2 rings (SSSR count). The van der Waals surface area contributed by atoms with Crippen LogP contribution >= 0.6 is 11.3 Å². The second-order valence-electron chi connectivity index (χ2n) is 4.46. The van der Waals surface area contributed by atoms with Gasteiger partial charge in [0.15, 0.2) is 5.75 Å². The fourth-order valence-corrected chi connectivity index (χ4v) is 2.50. The largest absolute Gasteiger partial charge is 0.478 e. The first-order chi connectivity index (χ1) is 9.99. The maximum absolute atomic E-state index is 11.8. The van der Waals surface area contributed by atoms with Gasteiger partial charge in [-0.25, -0.2) is 9.19 Å². The van der Waals surface area contributed by atoms with Crippen LogP contribution in [0.2, 0.25) is 0 Å². The number of methoxy groups -OCH3 is 1. The van der Waals surface area contributed by atoms with Crippen molar-refractivity contribution in [3.63, 3.8) is 0 Å². The van der Waals surface area contributed by atoms with Crippen LogP contribution in [0.25, 0.3) is 0 Å². The Bertz CT molecular complexity index is 643. The van der Waals surface area contributed by atoms with Crippen LogP contribution in [0, 0.1) is 6.92 Å². The van der Waals surface area contributed by atoms with Gasteiger partial charge >= 0.3 is 0 Å². The number of ether oxygens (including phenoxy) is 2. The number of nitrogens with one attached hydrogen (secondary N) is 1. The minimum absolute atomic E-state index is 0.00768. The summed E-state index contributed by atoms with van der Waals surface area (Å²) in [5.41, 5.74) is 0. The second-order valence-corrected chi connectivity index (χ2v) is 7.26. The molecule has 8 heteroatoms. The van der Waals surface area contributed by atoms with E-state index in [9.17, 15) is 4.21 Å². The van der Waals surface area contributed by atoms with E-state index in [0.29, 0.717) is 23.3 Å². The molecule has 0 bridgehead atoms. The molecule has 0 aliphatic rings. The Balaban J connectivity index is 2.18. The van der Waals surface area contributed by atoms with E-state index in [1.165, 1.54) is 18.4 Å². The van der Waals surface area contributed by atoms with Gasteiger partial charge in [-0.3, -0.25) is 4.72 Å². The van der Waals surface area contributed by atoms with Crippen LogP contribution in [-0.4, -0.2) is 26.5 Å². The second kappa shape index (κ2) is 6.86. The lowest BCUT2D eigenvalue weighted by Gasteiger charge is -2.11. The van der Waals surface area contributed by atoms with Gasteiger partial charge in [-0.15, -0.1) is 11.3 Å². The monoisotopic (exact) mass is 327 g/mol. The Morgan fingerprint density at radius 1 is 1.33 bits per heavy atom. The van der Waals surface area contributed by atoms with Gasteiger partial charge in [-0.2, -0.15) is 4.98 Å². The van der Waals surface area contributed by atoms with Crippen LogP contribution in [0.4, 0.5) is 5.82 Å². The average molecular weight is 327 g/mol. The molecule has 0 saturated heterocycles. The summed E-state index contributed by atoms with van der Waals surface area (Å²) in [5, 5.41) is 2.73. The van der Waals surface area contributed by atoms with E-state index in [-0.39, 0.29) is 5.25 Å². The maximum atomic E-state index is 11.8. The van der Waals surface area contributed by atoms with E-state index in [4.69, 9.17) is 9.47 Å². The summed E-state index contributed by atoms with van der Waals surface area (Å²) >= 11 is 1.50. The molecule has 0 radical (unpaired) electrons. The van der Waals surface area contributed by atoms with E-state index in [2.05, 4.69) is 14.7 Å². The van der Waals surface area contributed by atoms with E-state index in [1.54, 1.807) is 12.1 Å². The third-order valence-electron chi connectivity index (χ3n) is 2.46. The van der Waals surface area contributed by atoms with E-state index in [0.717, 1.165) is 5.01 Å². The molecule has 6 nitrogen and oxygen atoms in total. The van der Waals surface area contributed by atoms with Crippen LogP contribution in [-0.2, 0) is 11.0 Å². The minimum atomic E-state index is -1.19. The number of rotatable bonds is 6. The highest BCUT2D eigenvalue weighted by Gasteiger charge is 2.12. The predicted molar refractivity (Wildman–Crippen MR) is 84.6 cm³/mol. The number of anilines is 1. The number of pyridine rings is 1. The highest BCUT2D eigenvalue weighted by molar-refractivity contribution is 7.86. The molecule has 0 aliphatic carbocycles. The molecule has 1 unspecified atom stereocenters. The zero-order valence-corrected chi connectivity index (χ0v) is 13.9. The van der Waals surface area contributed by atoms with Gasteiger partial charge in [0, 0.05) is 5.25 Å². The molecule has 0 fully saturated rings. The summed E-state index contributed by atoms with van der Waals surface area (Å²) in [5.74, 6) is 1.75. The molecule has 0 spiro atoms. The van der Waals surface area contributed by atoms with Crippen molar-refractivity contribution in [2.24, 2.45) is 0 Å². The summed E-state index contributed by atoms with van der Waals surface area (Å²) in [7, 11) is 0.311. The fourth-order valence-electron chi connectivity index (χ4n) is 1.43. The molecule has 2 heterocycles. The summed E-state index contributed by atoms with van der Waals surface area (Å²) in [4.78, 5) is 8.46. The van der Waals surface area contributed by atoms with E-state index in [1.807, 2.05) is 26.2 Å². The lowest BCUT2D eigenvalue weighted by Crippen LogP contribution is -2.15. The first-order valence-corrected chi connectivity index (χ1v) is 8.41. The van der Waals surface area contributed by atoms with Gasteiger partial charge in [-0.1, -0.05) is 0 Å². The van der Waals surface area contributed by atoms with Crippen molar-refractivity contribution in [2.75, 3.05) is 11.8 Å².